The molecule has 134 valence electrons. The molecule has 0 aromatic heterocycles. The van der Waals surface area contributed by atoms with Crippen molar-refractivity contribution >= 4 is 17.3 Å². The molecule has 0 fully saturated rings. The largest absolute Gasteiger partial charge is 0.494 e. The molecule has 0 saturated heterocycles. The molecule has 0 spiro atoms. The van der Waals surface area contributed by atoms with Crippen molar-refractivity contribution in [3.8, 4) is 5.75 Å². The van der Waals surface area contributed by atoms with Gasteiger partial charge in [0.25, 0.3) is 0 Å². The van der Waals surface area contributed by atoms with Crippen LogP contribution in [0.4, 0.5) is 11.4 Å². The number of hydrogen-bond donors (Lipinski definition) is 2. The van der Waals surface area contributed by atoms with Gasteiger partial charge in [0.15, 0.2) is 0 Å². The molecular formula is C21H28N2O2. The van der Waals surface area contributed by atoms with E-state index in [4.69, 9.17) is 4.74 Å². The van der Waals surface area contributed by atoms with Gasteiger partial charge in [-0.1, -0.05) is 51.5 Å². The van der Waals surface area contributed by atoms with Gasteiger partial charge in [0.1, 0.15) is 5.75 Å². The van der Waals surface area contributed by atoms with E-state index in [1.165, 1.54) is 0 Å². The number of nitrogens with one attached hydrogen (secondary N) is 2. The molecule has 4 heteroatoms. The molecular weight excluding hydrogens is 312 g/mol. The molecule has 0 unspecified atom stereocenters. The number of anilines is 2. The van der Waals surface area contributed by atoms with Gasteiger partial charge in [-0.05, 0) is 36.1 Å². The standard InChI is InChI=1S/C21H28N2O2/c1-4-5-13-25-18-10-8-9-17(14-18)22-15-21(24)23-20-12-7-6-11-19(20)16(2)3/h6-12,14,16,22H,4-5,13,15H2,1-3H3,(H,23,24). The molecule has 0 atom stereocenters. The molecule has 0 bridgehead atoms. The Balaban J connectivity index is 1.89. The third-order valence-electron chi connectivity index (χ3n) is 3.91. The van der Waals surface area contributed by atoms with E-state index in [1.54, 1.807) is 0 Å². The zero-order chi connectivity index (χ0) is 18.1. The molecule has 2 aromatic carbocycles. The lowest BCUT2D eigenvalue weighted by Gasteiger charge is -2.14. The second-order valence-electron chi connectivity index (χ2n) is 6.37. The van der Waals surface area contributed by atoms with Crippen LogP contribution in [0.1, 0.15) is 45.1 Å². The minimum Gasteiger partial charge on any atom is -0.494 e. The van der Waals surface area contributed by atoms with Gasteiger partial charge in [-0.25, -0.2) is 0 Å². The van der Waals surface area contributed by atoms with Crippen LogP contribution in [0, 0.1) is 0 Å². The van der Waals surface area contributed by atoms with E-state index < -0.39 is 0 Å². The second kappa shape index (κ2) is 9.72. The SMILES string of the molecule is CCCCOc1cccc(NCC(=O)Nc2ccccc2C(C)C)c1. The highest BCUT2D eigenvalue weighted by Crippen LogP contribution is 2.23. The van der Waals surface area contributed by atoms with Crippen LogP contribution >= 0.6 is 0 Å². The lowest BCUT2D eigenvalue weighted by atomic mass is 10.0. The Bertz CT molecular complexity index is 683. The maximum absolute atomic E-state index is 12.3. The number of amides is 1. The van der Waals surface area contributed by atoms with E-state index in [0.29, 0.717) is 12.5 Å². The van der Waals surface area contributed by atoms with Crippen molar-refractivity contribution in [2.75, 3.05) is 23.8 Å². The predicted molar refractivity (Wildman–Crippen MR) is 104 cm³/mol. The first kappa shape index (κ1) is 18.8. The Morgan fingerprint density at radius 2 is 1.92 bits per heavy atom. The number of unbranched alkanes of at least 4 members (excludes halogenated alkanes) is 1. The van der Waals surface area contributed by atoms with Gasteiger partial charge in [0.2, 0.25) is 5.91 Å². The molecule has 0 radical (unpaired) electrons. The van der Waals surface area contributed by atoms with Crippen LogP contribution in [0.15, 0.2) is 48.5 Å². The van der Waals surface area contributed by atoms with Crippen LogP contribution in [0.3, 0.4) is 0 Å². The van der Waals surface area contributed by atoms with Crippen molar-refractivity contribution in [1.29, 1.82) is 0 Å². The Morgan fingerprint density at radius 3 is 2.68 bits per heavy atom. The number of ether oxygens (including phenoxy) is 1. The quantitative estimate of drug-likeness (QED) is 0.629. The van der Waals surface area contributed by atoms with Gasteiger partial charge in [-0.15, -0.1) is 0 Å². The summed E-state index contributed by atoms with van der Waals surface area (Å²) in [5.41, 5.74) is 2.89. The summed E-state index contributed by atoms with van der Waals surface area (Å²) >= 11 is 0. The molecule has 25 heavy (non-hydrogen) atoms. The van der Waals surface area contributed by atoms with E-state index in [9.17, 15) is 4.79 Å². The smallest absolute Gasteiger partial charge is 0.243 e. The van der Waals surface area contributed by atoms with E-state index in [0.717, 1.165) is 35.5 Å². The summed E-state index contributed by atoms with van der Waals surface area (Å²) in [4.78, 5) is 12.3. The summed E-state index contributed by atoms with van der Waals surface area (Å²) in [5.74, 6) is 1.12. The van der Waals surface area contributed by atoms with Crippen molar-refractivity contribution in [2.24, 2.45) is 0 Å². The van der Waals surface area contributed by atoms with Crippen LogP contribution in [-0.4, -0.2) is 19.1 Å². The lowest BCUT2D eigenvalue weighted by molar-refractivity contribution is -0.114. The molecule has 0 aliphatic carbocycles. The molecule has 2 N–H and O–H groups in total. The fourth-order valence-corrected chi connectivity index (χ4v) is 2.52. The number of para-hydroxylation sites is 1. The summed E-state index contributed by atoms with van der Waals surface area (Å²) in [5, 5.41) is 6.14. The zero-order valence-corrected chi connectivity index (χ0v) is 15.3. The maximum Gasteiger partial charge on any atom is 0.243 e. The van der Waals surface area contributed by atoms with Crippen molar-refractivity contribution < 1.29 is 9.53 Å². The molecule has 2 rings (SSSR count). The van der Waals surface area contributed by atoms with Gasteiger partial charge in [-0.2, -0.15) is 0 Å². The Morgan fingerprint density at radius 1 is 1.12 bits per heavy atom. The van der Waals surface area contributed by atoms with Gasteiger partial charge >= 0.3 is 0 Å². The van der Waals surface area contributed by atoms with Gasteiger partial charge in [0, 0.05) is 17.4 Å². The van der Waals surface area contributed by atoms with Crippen molar-refractivity contribution in [3.05, 3.63) is 54.1 Å². The minimum atomic E-state index is -0.0644. The number of hydrogen-bond acceptors (Lipinski definition) is 3. The van der Waals surface area contributed by atoms with Gasteiger partial charge in [-0.3, -0.25) is 4.79 Å². The molecule has 0 aliphatic heterocycles. The summed E-state index contributed by atoms with van der Waals surface area (Å²) in [6.45, 7) is 7.30. The first-order chi connectivity index (χ1) is 12.1. The average Bonchev–Trinajstić information content (AvgIpc) is 2.61. The lowest BCUT2D eigenvalue weighted by Crippen LogP contribution is -2.22. The predicted octanol–water partition coefficient (Wildman–Crippen LogP) is 5.04. The third kappa shape index (κ3) is 6.14. The highest BCUT2D eigenvalue weighted by molar-refractivity contribution is 5.94. The minimum absolute atomic E-state index is 0.0644. The van der Waals surface area contributed by atoms with E-state index in [2.05, 4.69) is 31.4 Å². The van der Waals surface area contributed by atoms with Crippen LogP contribution in [0.25, 0.3) is 0 Å². The molecule has 0 heterocycles. The Labute approximate surface area is 150 Å². The third-order valence-corrected chi connectivity index (χ3v) is 3.91. The number of carbonyl (C=O) groups is 1. The monoisotopic (exact) mass is 340 g/mol. The Kier molecular flexibility index (Phi) is 7.33. The molecule has 4 nitrogen and oxygen atoms in total. The summed E-state index contributed by atoms with van der Waals surface area (Å²) in [7, 11) is 0. The Hall–Kier alpha value is -2.49. The fourth-order valence-electron chi connectivity index (χ4n) is 2.52. The first-order valence-corrected chi connectivity index (χ1v) is 8.95. The zero-order valence-electron chi connectivity index (χ0n) is 15.3. The van der Waals surface area contributed by atoms with Gasteiger partial charge in [0.05, 0.1) is 13.2 Å². The van der Waals surface area contributed by atoms with Crippen LogP contribution in [-0.2, 0) is 4.79 Å². The summed E-state index contributed by atoms with van der Waals surface area (Å²) < 4.78 is 5.69. The van der Waals surface area contributed by atoms with Crippen LogP contribution in [0.5, 0.6) is 5.75 Å². The van der Waals surface area contributed by atoms with Crippen LogP contribution in [0.2, 0.25) is 0 Å². The summed E-state index contributed by atoms with van der Waals surface area (Å²) in [6.07, 6.45) is 2.14. The topological polar surface area (TPSA) is 50.4 Å². The van der Waals surface area contributed by atoms with Gasteiger partial charge < -0.3 is 15.4 Å². The van der Waals surface area contributed by atoms with E-state index in [1.807, 2.05) is 48.5 Å². The highest BCUT2D eigenvalue weighted by atomic mass is 16.5. The normalized spacial score (nSPS) is 10.6. The van der Waals surface area contributed by atoms with Crippen molar-refractivity contribution in [1.82, 2.24) is 0 Å². The number of rotatable bonds is 9. The van der Waals surface area contributed by atoms with Crippen molar-refractivity contribution in [3.63, 3.8) is 0 Å². The average molecular weight is 340 g/mol. The van der Waals surface area contributed by atoms with Crippen molar-refractivity contribution in [2.45, 2.75) is 39.5 Å². The first-order valence-electron chi connectivity index (χ1n) is 8.95. The molecule has 0 saturated carbocycles. The number of benzene rings is 2. The molecule has 0 aliphatic rings. The van der Waals surface area contributed by atoms with E-state index in [-0.39, 0.29) is 12.5 Å². The highest BCUT2D eigenvalue weighted by Gasteiger charge is 2.09. The number of carbonyl (C=O) groups excluding carboxylic acids is 1. The summed E-state index contributed by atoms with van der Waals surface area (Å²) in [6, 6.07) is 15.6. The molecule has 2 aromatic rings. The maximum atomic E-state index is 12.3. The fraction of sp³-hybridized carbons (Fsp3) is 0.381. The second-order valence-corrected chi connectivity index (χ2v) is 6.37. The van der Waals surface area contributed by atoms with Crippen LogP contribution < -0.4 is 15.4 Å². The molecule has 1 amide bonds. The van der Waals surface area contributed by atoms with E-state index >= 15 is 0 Å².